The van der Waals surface area contributed by atoms with Gasteiger partial charge < -0.3 is 10.1 Å². The van der Waals surface area contributed by atoms with Gasteiger partial charge in [-0.1, -0.05) is 78.0 Å². The number of carbonyl (C=O) groups is 2. The van der Waals surface area contributed by atoms with Crippen molar-refractivity contribution in [2.75, 3.05) is 18.2 Å². The number of halogens is 1. The number of fused-ring (bicyclic) bond motifs is 1. The lowest BCUT2D eigenvalue weighted by Gasteiger charge is -2.16. The van der Waals surface area contributed by atoms with E-state index in [1.54, 1.807) is 78.9 Å². The molecular formula is C30H22ClN3O4S. The molecule has 1 N–H and O–H groups in total. The predicted molar refractivity (Wildman–Crippen MR) is 155 cm³/mol. The first-order valence-electron chi connectivity index (χ1n) is 11.9. The number of ether oxygens (including phenoxy) is 1. The molecular weight excluding hydrogens is 534 g/mol. The van der Waals surface area contributed by atoms with Crippen LogP contribution in [0.5, 0.6) is 5.75 Å². The molecule has 0 fully saturated rings. The van der Waals surface area contributed by atoms with Crippen LogP contribution >= 0.6 is 23.4 Å². The highest BCUT2D eigenvalue weighted by Gasteiger charge is 2.19. The summed E-state index contributed by atoms with van der Waals surface area (Å²) >= 11 is 7.27. The zero-order valence-corrected chi connectivity index (χ0v) is 22.3. The van der Waals surface area contributed by atoms with Gasteiger partial charge in [-0.2, -0.15) is 0 Å². The number of ketones is 1. The summed E-state index contributed by atoms with van der Waals surface area (Å²) in [6, 6.07) is 27.7. The van der Waals surface area contributed by atoms with Crippen LogP contribution in [-0.4, -0.2) is 34.1 Å². The second-order valence-electron chi connectivity index (χ2n) is 8.45. The number of carbonyl (C=O) groups excluding carboxylic acids is 2. The van der Waals surface area contributed by atoms with E-state index in [1.165, 1.54) is 17.7 Å². The summed E-state index contributed by atoms with van der Waals surface area (Å²) in [5.41, 5.74) is 1.85. The van der Waals surface area contributed by atoms with Gasteiger partial charge in [0.05, 0.1) is 35.1 Å². The molecule has 0 atom stereocenters. The third kappa shape index (κ3) is 5.57. The highest BCUT2D eigenvalue weighted by molar-refractivity contribution is 7.99. The van der Waals surface area contributed by atoms with Crippen molar-refractivity contribution in [2.24, 2.45) is 0 Å². The maximum atomic E-state index is 13.5. The van der Waals surface area contributed by atoms with Crippen molar-refractivity contribution in [1.82, 2.24) is 9.55 Å². The number of rotatable bonds is 8. The first-order chi connectivity index (χ1) is 19.0. The Labute approximate surface area is 233 Å². The minimum absolute atomic E-state index is 0.0679. The molecule has 0 radical (unpaired) electrons. The largest absolute Gasteiger partial charge is 0.495 e. The summed E-state index contributed by atoms with van der Waals surface area (Å²) in [6.45, 7) is 0. The first kappa shape index (κ1) is 26.2. The van der Waals surface area contributed by atoms with Crippen molar-refractivity contribution in [3.63, 3.8) is 0 Å². The topological polar surface area (TPSA) is 90.3 Å². The van der Waals surface area contributed by atoms with Gasteiger partial charge >= 0.3 is 0 Å². The van der Waals surface area contributed by atoms with E-state index in [2.05, 4.69) is 10.3 Å². The minimum atomic E-state index is -0.376. The van der Waals surface area contributed by atoms with Crippen molar-refractivity contribution >= 4 is 51.6 Å². The van der Waals surface area contributed by atoms with Crippen LogP contribution in [0.2, 0.25) is 5.02 Å². The summed E-state index contributed by atoms with van der Waals surface area (Å²) in [6.07, 6.45) is 0. The third-order valence-corrected chi connectivity index (χ3v) is 7.11. The molecule has 0 saturated carbocycles. The number of anilines is 1. The Kier molecular flexibility index (Phi) is 7.76. The van der Waals surface area contributed by atoms with Gasteiger partial charge in [-0.05, 0) is 42.5 Å². The zero-order valence-electron chi connectivity index (χ0n) is 20.8. The fourth-order valence-electron chi connectivity index (χ4n) is 4.11. The quantitative estimate of drug-likeness (QED) is 0.143. The van der Waals surface area contributed by atoms with Crippen LogP contribution in [0.4, 0.5) is 5.69 Å². The molecule has 0 bridgehead atoms. The number of aromatic nitrogens is 2. The molecule has 1 heterocycles. The number of para-hydroxylation sites is 3. The molecule has 0 aliphatic rings. The van der Waals surface area contributed by atoms with Gasteiger partial charge in [0.2, 0.25) is 5.91 Å². The van der Waals surface area contributed by atoms with E-state index < -0.39 is 0 Å². The van der Waals surface area contributed by atoms with Crippen LogP contribution in [0.1, 0.15) is 15.9 Å². The van der Waals surface area contributed by atoms with Gasteiger partial charge in [0, 0.05) is 16.1 Å². The highest BCUT2D eigenvalue weighted by atomic mass is 35.5. The molecule has 5 aromatic rings. The van der Waals surface area contributed by atoms with Crippen LogP contribution in [-0.2, 0) is 4.79 Å². The second-order valence-corrected chi connectivity index (χ2v) is 9.82. The van der Waals surface area contributed by atoms with Crippen molar-refractivity contribution in [3.05, 3.63) is 124 Å². The SMILES string of the molecule is COc1ccccc1-n1c(SCC(=O)Nc2ccc(Cl)cc2C(=O)c2ccccc2)nc2ccccc2c1=O. The molecule has 1 amide bonds. The Balaban J connectivity index is 1.45. The smallest absolute Gasteiger partial charge is 0.266 e. The average molecular weight is 556 g/mol. The number of benzene rings is 4. The highest BCUT2D eigenvalue weighted by Crippen LogP contribution is 2.28. The number of nitrogens with zero attached hydrogens (tertiary/aromatic N) is 2. The molecule has 0 spiro atoms. The van der Waals surface area contributed by atoms with Gasteiger partial charge in [0.15, 0.2) is 10.9 Å². The van der Waals surface area contributed by atoms with E-state index in [-0.39, 0.29) is 28.6 Å². The van der Waals surface area contributed by atoms with Crippen LogP contribution in [0, 0.1) is 0 Å². The van der Waals surface area contributed by atoms with Gasteiger partial charge in [-0.15, -0.1) is 0 Å². The molecule has 1 aromatic heterocycles. The molecule has 0 aliphatic carbocycles. The van der Waals surface area contributed by atoms with Crippen LogP contribution < -0.4 is 15.6 Å². The molecule has 4 aromatic carbocycles. The van der Waals surface area contributed by atoms with E-state index in [9.17, 15) is 14.4 Å². The van der Waals surface area contributed by atoms with Gasteiger partial charge in [0.25, 0.3) is 5.56 Å². The molecule has 39 heavy (non-hydrogen) atoms. The van der Waals surface area contributed by atoms with E-state index in [0.717, 1.165) is 11.8 Å². The number of hydrogen-bond donors (Lipinski definition) is 1. The number of thioether (sulfide) groups is 1. The van der Waals surface area contributed by atoms with E-state index in [1.807, 2.05) is 12.1 Å². The Hall–Kier alpha value is -4.40. The number of amides is 1. The summed E-state index contributed by atoms with van der Waals surface area (Å²) in [5, 5.41) is 3.97. The van der Waals surface area contributed by atoms with Crippen molar-refractivity contribution in [1.29, 1.82) is 0 Å². The third-order valence-electron chi connectivity index (χ3n) is 5.94. The summed E-state index contributed by atoms with van der Waals surface area (Å²) in [4.78, 5) is 44.4. The van der Waals surface area contributed by atoms with Crippen LogP contribution in [0.25, 0.3) is 16.6 Å². The van der Waals surface area contributed by atoms with Gasteiger partial charge in [-0.25, -0.2) is 4.98 Å². The predicted octanol–water partition coefficient (Wildman–Crippen LogP) is 6.01. The minimum Gasteiger partial charge on any atom is -0.495 e. The average Bonchev–Trinajstić information content (AvgIpc) is 2.97. The maximum Gasteiger partial charge on any atom is 0.266 e. The molecule has 9 heteroatoms. The van der Waals surface area contributed by atoms with E-state index in [4.69, 9.17) is 16.3 Å². The van der Waals surface area contributed by atoms with E-state index >= 15 is 0 Å². The fraction of sp³-hybridized carbons (Fsp3) is 0.0667. The number of hydrogen-bond acceptors (Lipinski definition) is 6. The van der Waals surface area contributed by atoms with Gasteiger partial charge in [-0.3, -0.25) is 19.0 Å². The zero-order chi connectivity index (χ0) is 27.4. The molecule has 7 nitrogen and oxygen atoms in total. The molecule has 194 valence electrons. The Bertz CT molecular complexity index is 1760. The Morgan fingerprint density at radius 1 is 0.949 bits per heavy atom. The lowest BCUT2D eigenvalue weighted by atomic mass is 10.0. The fourth-order valence-corrected chi connectivity index (χ4v) is 5.09. The number of nitrogens with one attached hydrogen (secondary N) is 1. The van der Waals surface area contributed by atoms with Crippen molar-refractivity contribution in [2.45, 2.75) is 5.16 Å². The number of methoxy groups -OCH3 is 1. The van der Waals surface area contributed by atoms with E-state index in [0.29, 0.717) is 43.8 Å². The Morgan fingerprint density at radius 2 is 1.67 bits per heavy atom. The lowest BCUT2D eigenvalue weighted by Crippen LogP contribution is -2.23. The van der Waals surface area contributed by atoms with Crippen molar-refractivity contribution < 1.29 is 14.3 Å². The molecule has 0 aliphatic heterocycles. The van der Waals surface area contributed by atoms with Gasteiger partial charge in [0.1, 0.15) is 5.75 Å². The Morgan fingerprint density at radius 3 is 2.46 bits per heavy atom. The molecule has 0 unspecified atom stereocenters. The standard InChI is InChI=1S/C30H22ClN3O4S/c1-38-26-14-8-7-13-25(26)34-29(37)21-11-5-6-12-23(21)33-30(34)39-18-27(35)32-24-16-15-20(31)17-22(24)28(36)19-9-3-2-4-10-19/h2-17H,18H2,1H3,(H,32,35). The monoisotopic (exact) mass is 555 g/mol. The maximum absolute atomic E-state index is 13.5. The van der Waals surface area contributed by atoms with Crippen LogP contribution in [0.15, 0.2) is 107 Å². The summed E-state index contributed by atoms with van der Waals surface area (Å²) < 4.78 is 6.94. The summed E-state index contributed by atoms with van der Waals surface area (Å²) in [7, 11) is 1.53. The first-order valence-corrected chi connectivity index (χ1v) is 13.3. The van der Waals surface area contributed by atoms with Crippen LogP contribution in [0.3, 0.4) is 0 Å². The van der Waals surface area contributed by atoms with Crippen molar-refractivity contribution in [3.8, 4) is 11.4 Å². The summed E-state index contributed by atoms with van der Waals surface area (Å²) in [5.74, 6) is -0.212. The normalized spacial score (nSPS) is 10.8. The second kappa shape index (κ2) is 11.6. The molecule has 5 rings (SSSR count). The lowest BCUT2D eigenvalue weighted by molar-refractivity contribution is -0.113. The molecule has 0 saturated heterocycles.